The maximum Gasteiger partial charge on any atom is 0.160 e. The minimum atomic E-state index is 0.542. The van der Waals surface area contributed by atoms with Crippen LogP contribution in [0.2, 0.25) is 0 Å². The number of ether oxygens (including phenoxy) is 2. The van der Waals surface area contributed by atoms with Gasteiger partial charge in [0.15, 0.2) is 5.75 Å². The standard InChI is InChI=1S/C14H18N2O2/c1-4-16-9-14(11(2)15-16)18-10-12-5-7-13(17-3)8-6-12/h5-9H,4,10H2,1-3H3. The number of aryl methyl sites for hydroxylation is 2. The molecule has 0 amide bonds. The van der Waals surface area contributed by atoms with Gasteiger partial charge in [-0.15, -0.1) is 0 Å². The molecule has 0 spiro atoms. The van der Waals surface area contributed by atoms with E-state index in [0.717, 1.165) is 29.3 Å². The van der Waals surface area contributed by atoms with Crippen molar-refractivity contribution in [2.24, 2.45) is 0 Å². The summed E-state index contributed by atoms with van der Waals surface area (Å²) in [7, 11) is 1.66. The molecule has 0 aliphatic rings. The Hall–Kier alpha value is -1.97. The maximum absolute atomic E-state index is 5.75. The summed E-state index contributed by atoms with van der Waals surface area (Å²) in [6, 6.07) is 7.86. The minimum Gasteiger partial charge on any atom is -0.497 e. The first-order chi connectivity index (χ1) is 8.72. The first-order valence-corrected chi connectivity index (χ1v) is 6.02. The first-order valence-electron chi connectivity index (χ1n) is 6.02. The van der Waals surface area contributed by atoms with E-state index in [1.807, 2.05) is 42.1 Å². The molecule has 96 valence electrons. The van der Waals surface area contributed by atoms with Crippen LogP contribution < -0.4 is 9.47 Å². The van der Waals surface area contributed by atoms with E-state index in [4.69, 9.17) is 9.47 Å². The Balaban J connectivity index is 1.99. The van der Waals surface area contributed by atoms with Gasteiger partial charge in [-0.1, -0.05) is 12.1 Å². The van der Waals surface area contributed by atoms with E-state index < -0.39 is 0 Å². The van der Waals surface area contributed by atoms with Crippen LogP contribution in [-0.4, -0.2) is 16.9 Å². The smallest absolute Gasteiger partial charge is 0.160 e. The van der Waals surface area contributed by atoms with Gasteiger partial charge in [-0.05, 0) is 31.5 Å². The molecule has 1 heterocycles. The van der Waals surface area contributed by atoms with Crippen molar-refractivity contribution < 1.29 is 9.47 Å². The predicted octanol–water partition coefficient (Wildman–Crippen LogP) is 2.80. The molecule has 4 heteroatoms. The summed E-state index contributed by atoms with van der Waals surface area (Å²) in [6.45, 7) is 5.40. The van der Waals surface area contributed by atoms with E-state index in [0.29, 0.717) is 6.61 Å². The fourth-order valence-corrected chi connectivity index (χ4v) is 1.69. The van der Waals surface area contributed by atoms with Crippen LogP contribution >= 0.6 is 0 Å². The molecule has 0 fully saturated rings. The highest BCUT2D eigenvalue weighted by molar-refractivity contribution is 5.28. The minimum absolute atomic E-state index is 0.542. The lowest BCUT2D eigenvalue weighted by Crippen LogP contribution is -1.95. The summed E-state index contributed by atoms with van der Waals surface area (Å²) in [5.74, 6) is 1.70. The van der Waals surface area contributed by atoms with Gasteiger partial charge in [-0.2, -0.15) is 5.10 Å². The molecule has 2 aromatic rings. The van der Waals surface area contributed by atoms with E-state index in [9.17, 15) is 0 Å². The molecule has 0 atom stereocenters. The Morgan fingerprint density at radius 3 is 2.50 bits per heavy atom. The summed E-state index contributed by atoms with van der Waals surface area (Å²) in [6.07, 6.45) is 1.93. The van der Waals surface area contributed by atoms with Crippen LogP contribution in [0.1, 0.15) is 18.2 Å². The molecule has 4 nitrogen and oxygen atoms in total. The van der Waals surface area contributed by atoms with Crippen molar-refractivity contribution >= 4 is 0 Å². The molecule has 0 unspecified atom stereocenters. The van der Waals surface area contributed by atoms with Crippen molar-refractivity contribution in [1.82, 2.24) is 9.78 Å². The average Bonchev–Trinajstić information content (AvgIpc) is 2.77. The molecular weight excluding hydrogens is 228 g/mol. The molecule has 2 rings (SSSR count). The highest BCUT2D eigenvalue weighted by Crippen LogP contribution is 2.18. The normalized spacial score (nSPS) is 10.4. The zero-order valence-corrected chi connectivity index (χ0v) is 11.0. The molecule has 18 heavy (non-hydrogen) atoms. The van der Waals surface area contributed by atoms with Gasteiger partial charge >= 0.3 is 0 Å². The Morgan fingerprint density at radius 1 is 1.22 bits per heavy atom. The molecule has 0 radical (unpaired) electrons. The summed E-state index contributed by atoms with van der Waals surface area (Å²) in [4.78, 5) is 0. The second-order valence-electron chi connectivity index (χ2n) is 4.07. The fourth-order valence-electron chi connectivity index (χ4n) is 1.69. The summed E-state index contributed by atoms with van der Waals surface area (Å²) < 4.78 is 12.7. The molecule has 0 N–H and O–H groups in total. The van der Waals surface area contributed by atoms with Crippen LogP contribution in [0.25, 0.3) is 0 Å². The van der Waals surface area contributed by atoms with Gasteiger partial charge in [0.1, 0.15) is 18.1 Å². The van der Waals surface area contributed by atoms with Crippen molar-refractivity contribution in [3.63, 3.8) is 0 Å². The lowest BCUT2D eigenvalue weighted by atomic mass is 10.2. The van der Waals surface area contributed by atoms with Crippen LogP contribution in [-0.2, 0) is 13.2 Å². The van der Waals surface area contributed by atoms with Crippen LogP contribution in [0, 0.1) is 6.92 Å². The quantitative estimate of drug-likeness (QED) is 0.814. The lowest BCUT2D eigenvalue weighted by molar-refractivity contribution is 0.303. The molecule has 0 aliphatic carbocycles. The predicted molar refractivity (Wildman–Crippen MR) is 70.0 cm³/mol. The number of rotatable bonds is 5. The monoisotopic (exact) mass is 246 g/mol. The maximum atomic E-state index is 5.75. The van der Waals surface area contributed by atoms with E-state index in [-0.39, 0.29) is 0 Å². The first kappa shape index (κ1) is 12.5. The Kier molecular flexibility index (Phi) is 3.87. The van der Waals surface area contributed by atoms with E-state index in [1.165, 1.54) is 0 Å². The number of hydrogen-bond donors (Lipinski definition) is 0. The number of methoxy groups -OCH3 is 1. The van der Waals surface area contributed by atoms with Crippen LogP contribution in [0.4, 0.5) is 0 Å². The van der Waals surface area contributed by atoms with Crippen molar-refractivity contribution in [2.75, 3.05) is 7.11 Å². The molecule has 0 saturated heterocycles. The van der Waals surface area contributed by atoms with Crippen molar-refractivity contribution in [1.29, 1.82) is 0 Å². The molecule has 1 aromatic carbocycles. The zero-order valence-electron chi connectivity index (χ0n) is 11.0. The molecule has 0 aliphatic heterocycles. The second-order valence-corrected chi connectivity index (χ2v) is 4.07. The fraction of sp³-hybridized carbons (Fsp3) is 0.357. The number of nitrogens with zero attached hydrogens (tertiary/aromatic N) is 2. The van der Waals surface area contributed by atoms with Gasteiger partial charge in [0.2, 0.25) is 0 Å². The van der Waals surface area contributed by atoms with Gasteiger partial charge in [0.25, 0.3) is 0 Å². The largest absolute Gasteiger partial charge is 0.497 e. The third-order valence-electron chi connectivity index (χ3n) is 2.78. The number of aromatic nitrogens is 2. The van der Waals surface area contributed by atoms with Crippen molar-refractivity contribution in [3.05, 3.63) is 41.7 Å². The van der Waals surface area contributed by atoms with Gasteiger partial charge in [0.05, 0.1) is 13.3 Å². The zero-order chi connectivity index (χ0) is 13.0. The van der Waals surface area contributed by atoms with Gasteiger partial charge in [-0.3, -0.25) is 4.68 Å². The molecular formula is C14H18N2O2. The van der Waals surface area contributed by atoms with Crippen LogP contribution in [0.5, 0.6) is 11.5 Å². The summed E-state index contributed by atoms with van der Waals surface area (Å²) in [5, 5.41) is 4.34. The van der Waals surface area contributed by atoms with Gasteiger partial charge < -0.3 is 9.47 Å². The number of benzene rings is 1. The van der Waals surface area contributed by atoms with Crippen LogP contribution in [0.15, 0.2) is 30.5 Å². The molecule has 1 aromatic heterocycles. The van der Waals surface area contributed by atoms with Gasteiger partial charge in [0, 0.05) is 6.54 Å². The third kappa shape index (κ3) is 2.83. The van der Waals surface area contributed by atoms with E-state index in [1.54, 1.807) is 7.11 Å². The molecule has 0 bridgehead atoms. The lowest BCUT2D eigenvalue weighted by Gasteiger charge is -2.05. The molecule has 0 saturated carbocycles. The Labute approximate surface area is 107 Å². The van der Waals surface area contributed by atoms with Gasteiger partial charge in [-0.25, -0.2) is 0 Å². The SMILES string of the molecule is CCn1cc(OCc2ccc(OC)cc2)c(C)n1. The Bertz CT molecular complexity index is 503. The number of hydrogen-bond acceptors (Lipinski definition) is 3. The van der Waals surface area contributed by atoms with E-state index >= 15 is 0 Å². The highest BCUT2D eigenvalue weighted by Gasteiger charge is 2.05. The topological polar surface area (TPSA) is 36.3 Å². The highest BCUT2D eigenvalue weighted by atomic mass is 16.5. The van der Waals surface area contributed by atoms with E-state index in [2.05, 4.69) is 12.0 Å². The second kappa shape index (κ2) is 5.58. The van der Waals surface area contributed by atoms with Crippen molar-refractivity contribution in [2.45, 2.75) is 27.0 Å². The Morgan fingerprint density at radius 2 is 1.94 bits per heavy atom. The van der Waals surface area contributed by atoms with Crippen molar-refractivity contribution in [3.8, 4) is 11.5 Å². The summed E-state index contributed by atoms with van der Waals surface area (Å²) in [5.41, 5.74) is 2.03. The summed E-state index contributed by atoms with van der Waals surface area (Å²) >= 11 is 0. The average molecular weight is 246 g/mol. The third-order valence-corrected chi connectivity index (χ3v) is 2.78. The van der Waals surface area contributed by atoms with Crippen LogP contribution in [0.3, 0.4) is 0 Å².